The number of amides is 2. The largest absolute Gasteiger partial charge is 0.480 e. The Hall–Kier alpha value is -3.64. The molecular formula is C23H36N8O4. The SMILES string of the molecule is NCCCCC(NC(=O)C(CCCN=C(N)N)NC(=O)C(N)Cc1c[nH]c2ccccc12)C(=O)O. The zero-order chi connectivity index (χ0) is 25.8. The van der Waals surface area contributed by atoms with E-state index in [1.807, 2.05) is 24.3 Å². The smallest absolute Gasteiger partial charge is 0.326 e. The van der Waals surface area contributed by atoms with E-state index in [0.29, 0.717) is 25.8 Å². The van der Waals surface area contributed by atoms with Crippen LogP contribution in [0.2, 0.25) is 0 Å². The van der Waals surface area contributed by atoms with Crippen molar-refractivity contribution in [3.63, 3.8) is 0 Å². The van der Waals surface area contributed by atoms with Gasteiger partial charge in [0, 0.05) is 23.6 Å². The highest BCUT2D eigenvalue weighted by molar-refractivity contribution is 5.92. The molecule has 0 spiro atoms. The molecule has 3 atom stereocenters. The summed E-state index contributed by atoms with van der Waals surface area (Å²) in [5.74, 6) is -2.37. The van der Waals surface area contributed by atoms with Gasteiger partial charge in [-0.25, -0.2) is 4.79 Å². The first-order chi connectivity index (χ1) is 16.7. The van der Waals surface area contributed by atoms with Crippen molar-refractivity contribution in [1.82, 2.24) is 15.6 Å². The van der Waals surface area contributed by atoms with Gasteiger partial charge in [0.2, 0.25) is 11.8 Å². The van der Waals surface area contributed by atoms with Crippen LogP contribution in [0.1, 0.15) is 37.7 Å². The average molecular weight is 489 g/mol. The molecule has 0 saturated carbocycles. The first kappa shape index (κ1) is 27.6. The van der Waals surface area contributed by atoms with E-state index >= 15 is 0 Å². The molecule has 1 aromatic heterocycles. The number of nitrogens with zero attached hydrogens (tertiary/aromatic N) is 1. The van der Waals surface area contributed by atoms with Crippen LogP contribution in [0.15, 0.2) is 35.5 Å². The summed E-state index contributed by atoms with van der Waals surface area (Å²) in [6, 6.07) is 4.65. The number of H-pyrrole nitrogens is 1. The lowest BCUT2D eigenvalue weighted by Crippen LogP contribution is -2.54. The van der Waals surface area contributed by atoms with Gasteiger partial charge in [0.25, 0.3) is 0 Å². The van der Waals surface area contributed by atoms with E-state index < -0.39 is 35.9 Å². The maximum atomic E-state index is 12.9. The predicted molar refractivity (Wildman–Crippen MR) is 134 cm³/mol. The number of carboxylic acid groups (broad SMARTS) is 1. The van der Waals surface area contributed by atoms with Crippen LogP contribution in [0.25, 0.3) is 10.9 Å². The van der Waals surface area contributed by atoms with Crippen LogP contribution in [0.3, 0.4) is 0 Å². The Morgan fingerprint density at radius 3 is 2.37 bits per heavy atom. The minimum absolute atomic E-state index is 0.0818. The van der Waals surface area contributed by atoms with Crippen LogP contribution in [0.5, 0.6) is 0 Å². The van der Waals surface area contributed by atoms with Crippen molar-refractivity contribution in [1.29, 1.82) is 0 Å². The van der Waals surface area contributed by atoms with Crippen molar-refractivity contribution in [2.45, 2.75) is 56.7 Å². The van der Waals surface area contributed by atoms with Crippen molar-refractivity contribution in [3.05, 3.63) is 36.0 Å². The molecule has 12 nitrogen and oxygen atoms in total. The van der Waals surface area contributed by atoms with Crippen LogP contribution in [-0.4, -0.2) is 65.0 Å². The Bertz CT molecular complexity index is 1020. The Labute approximate surface area is 203 Å². The number of unbranched alkanes of at least 4 members (excludes halogenated alkanes) is 1. The number of benzene rings is 1. The Balaban J connectivity index is 2.06. The summed E-state index contributed by atoms with van der Waals surface area (Å²) in [5.41, 5.74) is 24.1. The number of nitrogens with one attached hydrogen (secondary N) is 3. The van der Waals surface area contributed by atoms with Gasteiger partial charge in [0.05, 0.1) is 6.04 Å². The summed E-state index contributed by atoms with van der Waals surface area (Å²) < 4.78 is 0. The Morgan fingerprint density at radius 2 is 1.69 bits per heavy atom. The minimum atomic E-state index is -1.16. The number of carboxylic acids is 1. The summed E-state index contributed by atoms with van der Waals surface area (Å²) in [6.45, 7) is 0.681. The van der Waals surface area contributed by atoms with Gasteiger partial charge in [-0.15, -0.1) is 0 Å². The molecular weight excluding hydrogens is 452 g/mol. The fourth-order valence-corrected chi connectivity index (χ4v) is 3.70. The topological polar surface area (TPSA) is 228 Å². The molecule has 192 valence electrons. The number of carbonyl (C=O) groups is 3. The summed E-state index contributed by atoms with van der Waals surface area (Å²) >= 11 is 0. The highest BCUT2D eigenvalue weighted by Gasteiger charge is 2.28. The Morgan fingerprint density at radius 1 is 1.00 bits per heavy atom. The van der Waals surface area contributed by atoms with E-state index in [2.05, 4.69) is 20.6 Å². The lowest BCUT2D eigenvalue weighted by atomic mass is 10.0. The molecule has 0 aliphatic rings. The van der Waals surface area contributed by atoms with Crippen molar-refractivity contribution in [2.24, 2.45) is 27.9 Å². The molecule has 0 aliphatic heterocycles. The normalized spacial score (nSPS) is 13.5. The molecule has 2 aromatic rings. The number of fused-ring (bicyclic) bond motifs is 1. The van der Waals surface area contributed by atoms with E-state index in [1.165, 1.54) is 0 Å². The highest BCUT2D eigenvalue weighted by atomic mass is 16.4. The number of aliphatic carboxylic acids is 1. The third-order valence-electron chi connectivity index (χ3n) is 5.59. The molecule has 0 bridgehead atoms. The number of aliphatic imine (C=N–C) groups is 1. The number of carbonyl (C=O) groups excluding carboxylic acids is 2. The van der Waals surface area contributed by atoms with Gasteiger partial charge in [-0.1, -0.05) is 18.2 Å². The van der Waals surface area contributed by atoms with Gasteiger partial charge in [-0.3, -0.25) is 14.6 Å². The monoisotopic (exact) mass is 488 g/mol. The summed E-state index contributed by atoms with van der Waals surface area (Å²) in [7, 11) is 0. The van der Waals surface area contributed by atoms with E-state index in [0.717, 1.165) is 16.5 Å². The number of nitrogens with two attached hydrogens (primary N) is 4. The maximum Gasteiger partial charge on any atom is 0.326 e. The second kappa shape index (κ2) is 13.9. The number of hydrogen-bond donors (Lipinski definition) is 8. The summed E-state index contributed by atoms with van der Waals surface area (Å²) in [5, 5.41) is 15.6. The third-order valence-corrected chi connectivity index (χ3v) is 5.59. The van der Waals surface area contributed by atoms with Crippen molar-refractivity contribution < 1.29 is 19.5 Å². The van der Waals surface area contributed by atoms with Gasteiger partial charge >= 0.3 is 5.97 Å². The van der Waals surface area contributed by atoms with Crippen LogP contribution >= 0.6 is 0 Å². The van der Waals surface area contributed by atoms with Crippen LogP contribution in [0, 0.1) is 0 Å². The second-order valence-electron chi connectivity index (χ2n) is 8.36. The number of para-hydroxylation sites is 1. The molecule has 3 unspecified atom stereocenters. The van der Waals surface area contributed by atoms with Crippen LogP contribution in [-0.2, 0) is 20.8 Å². The van der Waals surface area contributed by atoms with Crippen molar-refractivity contribution in [2.75, 3.05) is 13.1 Å². The molecule has 0 saturated heterocycles. The number of aromatic amines is 1. The van der Waals surface area contributed by atoms with Gasteiger partial charge in [0.15, 0.2) is 5.96 Å². The first-order valence-electron chi connectivity index (χ1n) is 11.6. The molecule has 1 aromatic carbocycles. The van der Waals surface area contributed by atoms with E-state index in [-0.39, 0.29) is 31.8 Å². The van der Waals surface area contributed by atoms with Crippen molar-refractivity contribution >= 4 is 34.6 Å². The van der Waals surface area contributed by atoms with E-state index in [9.17, 15) is 19.5 Å². The summed E-state index contributed by atoms with van der Waals surface area (Å²) in [6.07, 6.45) is 4.06. The lowest BCUT2D eigenvalue weighted by Gasteiger charge is -2.23. The van der Waals surface area contributed by atoms with Gasteiger partial charge in [0.1, 0.15) is 12.1 Å². The maximum absolute atomic E-state index is 12.9. The Kier molecular flexibility index (Phi) is 11.0. The van der Waals surface area contributed by atoms with Crippen LogP contribution < -0.4 is 33.6 Å². The number of rotatable bonds is 15. The highest BCUT2D eigenvalue weighted by Crippen LogP contribution is 2.18. The molecule has 0 fully saturated rings. The number of aromatic nitrogens is 1. The summed E-state index contributed by atoms with van der Waals surface area (Å²) in [4.78, 5) is 44.4. The number of hydrogen-bond acceptors (Lipinski definition) is 6. The molecule has 12 heteroatoms. The zero-order valence-corrected chi connectivity index (χ0v) is 19.7. The van der Waals surface area contributed by atoms with Gasteiger partial charge in [-0.2, -0.15) is 0 Å². The molecule has 0 aliphatic carbocycles. The predicted octanol–water partition coefficient (Wildman–Crippen LogP) is -0.725. The fraction of sp³-hybridized carbons (Fsp3) is 0.478. The standard InChI is InChI=1S/C23H36N8O4/c24-10-4-3-8-19(22(34)35)31-21(33)18(9-5-11-28-23(26)27)30-20(32)16(25)12-14-13-29-17-7-2-1-6-15(14)17/h1-2,6-7,13,16,18-19,29H,3-5,8-12,24-25H2,(H,30,32)(H,31,33)(H,34,35)(H4,26,27,28). The van der Waals surface area contributed by atoms with Crippen molar-refractivity contribution in [3.8, 4) is 0 Å². The average Bonchev–Trinajstić information content (AvgIpc) is 3.22. The van der Waals surface area contributed by atoms with Crippen LogP contribution in [0.4, 0.5) is 0 Å². The quantitative estimate of drug-likeness (QED) is 0.0903. The molecule has 12 N–H and O–H groups in total. The first-order valence-corrected chi connectivity index (χ1v) is 11.6. The molecule has 35 heavy (non-hydrogen) atoms. The molecule has 0 radical (unpaired) electrons. The molecule has 2 rings (SSSR count). The van der Waals surface area contributed by atoms with E-state index in [1.54, 1.807) is 6.20 Å². The van der Waals surface area contributed by atoms with E-state index in [4.69, 9.17) is 22.9 Å². The van der Waals surface area contributed by atoms with Gasteiger partial charge < -0.3 is 43.7 Å². The molecule has 2 amide bonds. The minimum Gasteiger partial charge on any atom is -0.480 e. The fourth-order valence-electron chi connectivity index (χ4n) is 3.70. The molecule has 1 heterocycles. The third kappa shape index (κ3) is 8.91. The van der Waals surface area contributed by atoms with Gasteiger partial charge in [-0.05, 0) is 56.7 Å². The number of guanidine groups is 1. The second-order valence-corrected chi connectivity index (χ2v) is 8.36. The zero-order valence-electron chi connectivity index (χ0n) is 19.7. The lowest BCUT2D eigenvalue weighted by molar-refractivity contribution is -0.142.